The molecule has 0 saturated carbocycles. The molecule has 102 valence electrons. The van der Waals surface area contributed by atoms with Crippen LogP contribution in [0.15, 0.2) is 10.6 Å². The van der Waals surface area contributed by atoms with Crippen LogP contribution in [0.5, 0.6) is 0 Å². The number of aliphatic hydroxyl groups excluding tert-OH is 1. The fraction of sp³-hybridized carbons (Fsp3) is 0.667. The van der Waals surface area contributed by atoms with Gasteiger partial charge in [-0.2, -0.15) is 0 Å². The predicted molar refractivity (Wildman–Crippen MR) is 67.1 cm³/mol. The molecule has 0 saturated heterocycles. The number of hydrogen-bond donors (Lipinski definition) is 2. The molecule has 0 aromatic carbocycles. The zero-order chi connectivity index (χ0) is 13.7. The number of urea groups is 1. The maximum atomic E-state index is 11.7. The molecule has 0 aliphatic carbocycles. The molecule has 2 N–H and O–H groups in total. The van der Waals surface area contributed by atoms with Gasteiger partial charge in [0.05, 0.1) is 24.9 Å². The predicted octanol–water partition coefficient (Wildman–Crippen LogP) is 1.32. The van der Waals surface area contributed by atoms with Crippen molar-refractivity contribution in [3.8, 4) is 0 Å². The van der Waals surface area contributed by atoms with Gasteiger partial charge in [0.25, 0.3) is 0 Å². The summed E-state index contributed by atoms with van der Waals surface area (Å²) in [6, 6.07) is 1.37. The van der Waals surface area contributed by atoms with Crippen molar-refractivity contribution in [3.63, 3.8) is 0 Å². The molecule has 1 rings (SSSR count). The van der Waals surface area contributed by atoms with E-state index in [-0.39, 0.29) is 18.7 Å². The molecule has 0 spiro atoms. The van der Waals surface area contributed by atoms with E-state index in [9.17, 15) is 4.79 Å². The van der Waals surface area contributed by atoms with E-state index in [1.165, 1.54) is 4.90 Å². The van der Waals surface area contributed by atoms with Crippen molar-refractivity contribution in [1.29, 1.82) is 0 Å². The number of nitrogens with zero attached hydrogens (tertiary/aromatic N) is 2. The Hall–Kier alpha value is -1.56. The summed E-state index contributed by atoms with van der Waals surface area (Å²) in [5.41, 5.74) is 0.872. The average Bonchev–Trinajstić information content (AvgIpc) is 2.82. The van der Waals surface area contributed by atoms with E-state index in [2.05, 4.69) is 10.5 Å². The minimum absolute atomic E-state index is 0.0657. The largest absolute Gasteiger partial charge is 0.394 e. The first-order chi connectivity index (χ1) is 8.45. The second-order valence-electron chi connectivity index (χ2n) is 4.67. The van der Waals surface area contributed by atoms with E-state index in [1.54, 1.807) is 14.0 Å². The van der Waals surface area contributed by atoms with Crippen LogP contribution in [0.4, 0.5) is 4.79 Å². The molecule has 0 radical (unpaired) electrons. The van der Waals surface area contributed by atoms with E-state index in [1.807, 2.05) is 19.9 Å². The molecule has 1 unspecified atom stereocenters. The van der Waals surface area contributed by atoms with Gasteiger partial charge < -0.3 is 19.8 Å². The highest BCUT2D eigenvalue weighted by Crippen LogP contribution is 2.13. The number of nitrogens with one attached hydrogen (secondary N) is 1. The highest BCUT2D eigenvalue weighted by Gasteiger charge is 2.15. The Bertz CT molecular complexity index is 390. The lowest BCUT2D eigenvalue weighted by Gasteiger charge is -2.23. The van der Waals surface area contributed by atoms with E-state index >= 15 is 0 Å². The van der Waals surface area contributed by atoms with Crippen LogP contribution in [-0.4, -0.2) is 40.9 Å². The normalized spacial score (nSPS) is 12.6. The highest BCUT2D eigenvalue weighted by atomic mass is 16.5. The quantitative estimate of drug-likeness (QED) is 0.831. The Labute approximate surface area is 107 Å². The maximum absolute atomic E-state index is 11.7. The summed E-state index contributed by atoms with van der Waals surface area (Å²) in [5, 5.41) is 15.6. The molecule has 1 aromatic heterocycles. The maximum Gasteiger partial charge on any atom is 0.317 e. The summed E-state index contributed by atoms with van der Waals surface area (Å²) in [7, 11) is 1.64. The van der Waals surface area contributed by atoms with Crippen molar-refractivity contribution in [3.05, 3.63) is 17.5 Å². The van der Waals surface area contributed by atoms with Gasteiger partial charge in [0.2, 0.25) is 0 Å². The molecule has 6 heteroatoms. The summed E-state index contributed by atoms with van der Waals surface area (Å²) in [5.74, 6) is 0.924. The van der Waals surface area contributed by atoms with Crippen LogP contribution in [-0.2, 0) is 6.54 Å². The van der Waals surface area contributed by atoms with Crippen LogP contribution in [0.1, 0.15) is 38.1 Å². The number of rotatable bonds is 5. The topological polar surface area (TPSA) is 78.6 Å². The van der Waals surface area contributed by atoms with Crippen molar-refractivity contribution in [2.75, 3.05) is 13.7 Å². The molecule has 2 amide bonds. The second-order valence-corrected chi connectivity index (χ2v) is 4.67. The van der Waals surface area contributed by atoms with Gasteiger partial charge >= 0.3 is 6.03 Å². The third-order valence-corrected chi connectivity index (χ3v) is 2.83. The molecule has 0 fully saturated rings. The van der Waals surface area contributed by atoms with Crippen molar-refractivity contribution in [1.82, 2.24) is 15.4 Å². The van der Waals surface area contributed by atoms with Gasteiger partial charge in [-0.3, -0.25) is 0 Å². The molecule has 6 nitrogen and oxygen atoms in total. The molecular formula is C12H21N3O3. The first kappa shape index (κ1) is 14.5. The fourth-order valence-electron chi connectivity index (χ4n) is 1.29. The zero-order valence-corrected chi connectivity index (χ0v) is 11.3. The Morgan fingerprint density at radius 1 is 1.56 bits per heavy atom. The molecule has 0 bridgehead atoms. The van der Waals surface area contributed by atoms with Gasteiger partial charge in [-0.15, -0.1) is 0 Å². The molecule has 1 heterocycles. The number of aromatic nitrogens is 1. The van der Waals surface area contributed by atoms with Gasteiger partial charge in [0, 0.05) is 13.1 Å². The van der Waals surface area contributed by atoms with Crippen LogP contribution < -0.4 is 5.32 Å². The first-order valence-corrected chi connectivity index (χ1v) is 6.02. The van der Waals surface area contributed by atoms with E-state index in [0.29, 0.717) is 18.2 Å². The molecule has 18 heavy (non-hydrogen) atoms. The van der Waals surface area contributed by atoms with Crippen LogP contribution in [0.3, 0.4) is 0 Å². The number of aliphatic hydroxyl groups is 1. The molecule has 0 aliphatic rings. The fourth-order valence-corrected chi connectivity index (χ4v) is 1.29. The first-order valence-electron chi connectivity index (χ1n) is 6.02. The second kappa shape index (κ2) is 6.39. The number of carbonyl (C=O) groups is 1. The van der Waals surface area contributed by atoms with Crippen molar-refractivity contribution in [2.45, 2.75) is 39.3 Å². The Morgan fingerprint density at radius 2 is 2.22 bits per heavy atom. The third-order valence-electron chi connectivity index (χ3n) is 2.83. The summed E-state index contributed by atoms with van der Waals surface area (Å²) < 4.78 is 5.11. The van der Waals surface area contributed by atoms with E-state index < -0.39 is 0 Å². The lowest BCUT2D eigenvalue weighted by molar-refractivity contribution is 0.156. The van der Waals surface area contributed by atoms with Crippen molar-refractivity contribution >= 4 is 6.03 Å². The summed E-state index contributed by atoms with van der Waals surface area (Å²) in [4.78, 5) is 13.1. The number of amides is 2. The van der Waals surface area contributed by atoms with E-state index in [4.69, 9.17) is 9.63 Å². The lowest BCUT2D eigenvalue weighted by Crippen LogP contribution is -2.43. The zero-order valence-electron chi connectivity index (χ0n) is 11.3. The standard InChI is InChI=1S/C12H21N3O3/c1-8(2)11-5-10(18-14-11)6-13-12(17)15(4)9(3)7-16/h5,8-9,16H,6-7H2,1-4H3,(H,13,17). The average molecular weight is 255 g/mol. The van der Waals surface area contributed by atoms with Crippen LogP contribution in [0, 0.1) is 0 Å². The van der Waals surface area contributed by atoms with Crippen LogP contribution in [0.25, 0.3) is 0 Å². The monoisotopic (exact) mass is 255 g/mol. The third kappa shape index (κ3) is 3.73. The smallest absolute Gasteiger partial charge is 0.317 e. The van der Waals surface area contributed by atoms with Gasteiger partial charge in [-0.25, -0.2) is 4.79 Å². The minimum atomic E-state index is -0.251. The van der Waals surface area contributed by atoms with Gasteiger partial charge in [-0.1, -0.05) is 19.0 Å². The summed E-state index contributed by atoms with van der Waals surface area (Å²) in [6.07, 6.45) is 0. The molecule has 0 aliphatic heterocycles. The summed E-state index contributed by atoms with van der Waals surface area (Å²) >= 11 is 0. The lowest BCUT2D eigenvalue weighted by atomic mass is 10.1. The number of likely N-dealkylation sites (N-methyl/N-ethyl adjacent to an activating group) is 1. The minimum Gasteiger partial charge on any atom is -0.394 e. The van der Waals surface area contributed by atoms with Crippen LogP contribution >= 0.6 is 0 Å². The highest BCUT2D eigenvalue weighted by molar-refractivity contribution is 5.74. The SMILES string of the molecule is CC(C)c1cc(CNC(=O)N(C)C(C)CO)on1. The van der Waals surface area contributed by atoms with Gasteiger partial charge in [-0.05, 0) is 12.8 Å². The molecular weight excluding hydrogens is 234 g/mol. The van der Waals surface area contributed by atoms with Crippen molar-refractivity contribution < 1.29 is 14.4 Å². The van der Waals surface area contributed by atoms with Crippen LogP contribution in [0.2, 0.25) is 0 Å². The van der Waals surface area contributed by atoms with Crippen molar-refractivity contribution in [2.24, 2.45) is 0 Å². The Balaban J connectivity index is 2.47. The van der Waals surface area contributed by atoms with Gasteiger partial charge in [0.1, 0.15) is 0 Å². The number of carbonyl (C=O) groups excluding carboxylic acids is 1. The molecule has 1 aromatic rings. The number of hydrogen-bond acceptors (Lipinski definition) is 4. The van der Waals surface area contributed by atoms with Gasteiger partial charge in [0.15, 0.2) is 5.76 Å². The van der Waals surface area contributed by atoms with E-state index in [0.717, 1.165) is 5.69 Å². The Morgan fingerprint density at radius 3 is 2.72 bits per heavy atom. The summed E-state index contributed by atoms with van der Waals surface area (Å²) in [6.45, 7) is 6.05. The Kier molecular flexibility index (Phi) is 5.15. The molecule has 1 atom stereocenters.